The van der Waals surface area contributed by atoms with Gasteiger partial charge in [0.2, 0.25) is 0 Å². The number of nitriles is 1. The van der Waals surface area contributed by atoms with Gasteiger partial charge in [-0.05, 0) is 31.6 Å². The number of aliphatic carboxylic acids is 1. The van der Waals surface area contributed by atoms with Gasteiger partial charge >= 0.3 is 5.97 Å². The molecule has 0 atom stereocenters. The van der Waals surface area contributed by atoms with Crippen LogP contribution >= 0.6 is 22.7 Å². The van der Waals surface area contributed by atoms with Crippen molar-refractivity contribution in [3.05, 3.63) is 27.0 Å². The molecule has 5 heteroatoms. The fourth-order valence-corrected chi connectivity index (χ4v) is 4.13. The van der Waals surface area contributed by atoms with E-state index in [9.17, 15) is 4.79 Å². The lowest BCUT2D eigenvalue weighted by molar-refractivity contribution is -0.132. The minimum Gasteiger partial charge on any atom is -0.477 e. The molecule has 3 nitrogen and oxygen atoms in total. The molecule has 0 aromatic carbocycles. The average molecular weight is 263 g/mol. The fourth-order valence-electron chi connectivity index (χ4n) is 1.61. The lowest BCUT2D eigenvalue weighted by atomic mass is 10.1. The summed E-state index contributed by atoms with van der Waals surface area (Å²) in [6.07, 6.45) is 1.46. The van der Waals surface area contributed by atoms with E-state index in [1.807, 2.05) is 19.9 Å². The van der Waals surface area contributed by atoms with Crippen LogP contribution in [0, 0.1) is 25.2 Å². The first-order valence-electron chi connectivity index (χ1n) is 4.87. The predicted molar refractivity (Wildman–Crippen MR) is 70.4 cm³/mol. The molecule has 0 fully saturated rings. The van der Waals surface area contributed by atoms with E-state index >= 15 is 0 Å². The lowest BCUT2D eigenvalue weighted by Crippen LogP contribution is -1.97. The van der Waals surface area contributed by atoms with Gasteiger partial charge in [0.25, 0.3) is 0 Å². The molecular formula is C12H9NO2S2. The normalized spacial score (nSPS) is 11.7. The predicted octanol–water partition coefficient (Wildman–Crippen LogP) is 3.57. The average Bonchev–Trinajstić information content (AvgIpc) is 2.71. The van der Waals surface area contributed by atoms with Crippen LogP contribution < -0.4 is 0 Å². The molecule has 0 saturated carbocycles. The number of carboxylic acids is 1. The number of carboxylic acid groups (broad SMARTS) is 1. The van der Waals surface area contributed by atoms with Crippen LogP contribution in [0.15, 0.2) is 11.6 Å². The van der Waals surface area contributed by atoms with E-state index < -0.39 is 5.97 Å². The molecule has 2 aromatic heterocycles. The maximum atomic E-state index is 10.8. The number of carbonyl (C=O) groups is 1. The zero-order valence-corrected chi connectivity index (χ0v) is 10.9. The van der Waals surface area contributed by atoms with E-state index in [0.717, 1.165) is 15.8 Å². The van der Waals surface area contributed by atoms with Gasteiger partial charge in [-0.25, -0.2) is 4.79 Å². The highest BCUT2D eigenvalue weighted by molar-refractivity contribution is 7.38. The van der Waals surface area contributed by atoms with Gasteiger partial charge in [0, 0.05) is 15.1 Å². The summed E-state index contributed by atoms with van der Waals surface area (Å²) >= 11 is 3.32. The zero-order valence-electron chi connectivity index (χ0n) is 9.27. The van der Waals surface area contributed by atoms with E-state index in [-0.39, 0.29) is 5.57 Å². The Labute approximate surface area is 106 Å². The molecule has 2 rings (SSSR count). The number of fused-ring (bicyclic) bond motifs is 1. The number of thiophene rings is 2. The molecule has 1 N–H and O–H groups in total. The van der Waals surface area contributed by atoms with Gasteiger partial charge < -0.3 is 5.11 Å². The third-order valence-corrected chi connectivity index (χ3v) is 4.65. The van der Waals surface area contributed by atoms with E-state index in [1.54, 1.807) is 28.7 Å². The van der Waals surface area contributed by atoms with Gasteiger partial charge in [-0.15, -0.1) is 22.7 Å². The molecule has 0 radical (unpaired) electrons. The van der Waals surface area contributed by atoms with Crippen LogP contribution in [-0.2, 0) is 4.79 Å². The van der Waals surface area contributed by atoms with E-state index in [1.165, 1.54) is 15.0 Å². The molecular weight excluding hydrogens is 254 g/mol. The maximum absolute atomic E-state index is 10.8. The molecule has 2 aromatic rings. The summed E-state index contributed by atoms with van der Waals surface area (Å²) in [5.74, 6) is -1.18. The summed E-state index contributed by atoms with van der Waals surface area (Å²) in [6.45, 7) is 3.96. The monoisotopic (exact) mass is 263 g/mol. The van der Waals surface area contributed by atoms with Crippen molar-refractivity contribution in [1.82, 2.24) is 0 Å². The Morgan fingerprint density at radius 3 is 2.76 bits per heavy atom. The molecule has 0 aliphatic heterocycles. The Morgan fingerprint density at radius 1 is 1.47 bits per heavy atom. The van der Waals surface area contributed by atoms with Gasteiger partial charge in [0.1, 0.15) is 11.6 Å². The molecule has 0 aliphatic carbocycles. The highest BCUT2D eigenvalue weighted by Crippen LogP contribution is 2.38. The molecule has 17 heavy (non-hydrogen) atoms. The first kappa shape index (κ1) is 11.8. The minimum absolute atomic E-state index is 0.225. The topological polar surface area (TPSA) is 61.1 Å². The van der Waals surface area contributed by atoms with Crippen molar-refractivity contribution in [2.45, 2.75) is 13.8 Å². The van der Waals surface area contributed by atoms with Gasteiger partial charge in [0.05, 0.1) is 4.01 Å². The van der Waals surface area contributed by atoms with Crippen LogP contribution in [0.2, 0.25) is 0 Å². The second-order valence-electron chi connectivity index (χ2n) is 3.61. The van der Waals surface area contributed by atoms with Crippen LogP contribution in [0.3, 0.4) is 0 Å². The van der Waals surface area contributed by atoms with Gasteiger partial charge in [-0.1, -0.05) is 0 Å². The van der Waals surface area contributed by atoms with Gasteiger partial charge in [-0.2, -0.15) is 5.26 Å². The highest BCUT2D eigenvalue weighted by Gasteiger charge is 2.13. The second kappa shape index (κ2) is 4.32. The minimum atomic E-state index is -1.18. The standard InChI is InChI=1S/C12H9NO2S2/c1-6-3-10-9(4-8(5-13)11(14)15)7(2)17-12(10)16-6/h3-4H,1-2H3,(H,14,15)/b8-4-. The van der Waals surface area contributed by atoms with Crippen molar-refractivity contribution >= 4 is 44.1 Å². The van der Waals surface area contributed by atoms with Crippen LogP contribution in [-0.4, -0.2) is 11.1 Å². The van der Waals surface area contributed by atoms with E-state index in [2.05, 4.69) is 0 Å². The summed E-state index contributed by atoms with van der Waals surface area (Å²) in [5.41, 5.74) is 0.630. The number of rotatable bonds is 2. The quantitative estimate of drug-likeness (QED) is 0.665. The van der Waals surface area contributed by atoms with Crippen molar-refractivity contribution in [3.63, 3.8) is 0 Å². The molecule has 0 amide bonds. The summed E-state index contributed by atoms with van der Waals surface area (Å²) < 4.78 is 1.17. The molecule has 0 aliphatic rings. The molecule has 0 saturated heterocycles. The smallest absolute Gasteiger partial charge is 0.346 e. The van der Waals surface area contributed by atoms with Crippen LogP contribution in [0.25, 0.3) is 15.5 Å². The molecule has 0 spiro atoms. The summed E-state index contributed by atoms with van der Waals surface area (Å²) in [4.78, 5) is 13.1. The van der Waals surface area contributed by atoms with Gasteiger partial charge in [-0.3, -0.25) is 0 Å². The van der Waals surface area contributed by atoms with Crippen molar-refractivity contribution in [2.75, 3.05) is 0 Å². The number of hydrogen-bond acceptors (Lipinski definition) is 4. The van der Waals surface area contributed by atoms with E-state index in [0.29, 0.717) is 0 Å². The molecule has 2 heterocycles. The Kier molecular flexibility index (Phi) is 3.01. The Morgan fingerprint density at radius 2 is 2.18 bits per heavy atom. The van der Waals surface area contributed by atoms with Crippen LogP contribution in [0.4, 0.5) is 0 Å². The van der Waals surface area contributed by atoms with Crippen molar-refractivity contribution in [1.29, 1.82) is 5.26 Å². The van der Waals surface area contributed by atoms with Crippen LogP contribution in [0.1, 0.15) is 15.3 Å². The summed E-state index contributed by atoms with van der Waals surface area (Å²) in [5, 5.41) is 18.7. The van der Waals surface area contributed by atoms with E-state index in [4.69, 9.17) is 10.4 Å². The molecule has 0 unspecified atom stereocenters. The lowest BCUT2D eigenvalue weighted by Gasteiger charge is -1.93. The second-order valence-corrected chi connectivity index (χ2v) is 6.34. The largest absolute Gasteiger partial charge is 0.477 e. The van der Waals surface area contributed by atoms with Crippen molar-refractivity contribution < 1.29 is 9.90 Å². The van der Waals surface area contributed by atoms with Crippen molar-refractivity contribution in [3.8, 4) is 6.07 Å². The SMILES string of the molecule is Cc1cc2c(/C=C(/C#N)C(=O)O)c(C)sc2s1. The molecule has 86 valence electrons. The highest BCUT2D eigenvalue weighted by atomic mass is 32.2. The Balaban J connectivity index is 2.66. The van der Waals surface area contributed by atoms with Crippen LogP contribution in [0.5, 0.6) is 0 Å². The fraction of sp³-hybridized carbons (Fsp3) is 0.167. The number of nitrogens with zero attached hydrogens (tertiary/aromatic N) is 1. The molecule has 0 bridgehead atoms. The number of hydrogen-bond donors (Lipinski definition) is 1. The maximum Gasteiger partial charge on any atom is 0.346 e. The first-order chi connectivity index (χ1) is 8.02. The zero-order chi connectivity index (χ0) is 12.6. The van der Waals surface area contributed by atoms with Crippen molar-refractivity contribution in [2.24, 2.45) is 0 Å². The Bertz CT molecular complexity index is 671. The first-order valence-corrected chi connectivity index (χ1v) is 6.51. The third-order valence-electron chi connectivity index (χ3n) is 2.38. The third kappa shape index (κ3) is 2.09. The summed E-state index contributed by atoms with van der Waals surface area (Å²) in [7, 11) is 0. The Hall–Kier alpha value is -1.64. The summed E-state index contributed by atoms with van der Waals surface area (Å²) in [6, 6.07) is 3.74. The van der Waals surface area contributed by atoms with Gasteiger partial charge in [0.15, 0.2) is 0 Å². The number of aryl methyl sites for hydroxylation is 2.